The lowest BCUT2D eigenvalue weighted by molar-refractivity contribution is 0.0696. The van der Waals surface area contributed by atoms with Crippen molar-refractivity contribution in [3.63, 3.8) is 0 Å². The molecule has 7 nitrogen and oxygen atoms in total. The minimum atomic E-state index is -1.08. The molecule has 2 aromatic rings. The molecule has 1 amide bonds. The van der Waals surface area contributed by atoms with E-state index in [-0.39, 0.29) is 17.3 Å². The van der Waals surface area contributed by atoms with Crippen molar-refractivity contribution in [3.8, 4) is 0 Å². The number of aromatic carboxylic acids is 1. The largest absolute Gasteiger partial charge is 0.478 e. The Morgan fingerprint density at radius 1 is 1.37 bits per heavy atom. The number of aromatic nitrogens is 3. The third kappa shape index (κ3) is 2.59. The number of rotatable bonds is 3. The molecule has 0 atom stereocenters. The van der Waals surface area contributed by atoms with E-state index in [1.54, 1.807) is 13.8 Å². The molecule has 0 saturated heterocycles. The van der Waals surface area contributed by atoms with Crippen LogP contribution >= 0.6 is 0 Å². The average Bonchev–Trinajstić information content (AvgIpc) is 2.69. The second-order valence-electron chi connectivity index (χ2n) is 4.00. The second kappa shape index (κ2) is 4.89. The van der Waals surface area contributed by atoms with E-state index in [9.17, 15) is 9.59 Å². The number of carboxylic acids is 1. The maximum atomic E-state index is 12.0. The summed E-state index contributed by atoms with van der Waals surface area (Å²) in [5.41, 5.74) is 1.71. The Morgan fingerprint density at radius 2 is 2.11 bits per heavy atom. The summed E-state index contributed by atoms with van der Waals surface area (Å²) in [5.74, 6) is -1.27. The summed E-state index contributed by atoms with van der Waals surface area (Å²) in [6, 6.07) is 2.65. The van der Waals surface area contributed by atoms with Crippen molar-refractivity contribution in [1.82, 2.24) is 15.2 Å². The van der Waals surface area contributed by atoms with Crippen molar-refractivity contribution >= 4 is 17.7 Å². The summed E-state index contributed by atoms with van der Waals surface area (Å²) in [6.45, 7) is 3.44. The third-order valence-corrected chi connectivity index (χ3v) is 2.60. The van der Waals surface area contributed by atoms with Gasteiger partial charge in [-0.25, -0.2) is 9.78 Å². The topological polar surface area (TPSA) is 108 Å². The number of hydrogen-bond acceptors (Lipinski definition) is 4. The quantitative estimate of drug-likeness (QED) is 0.772. The van der Waals surface area contributed by atoms with Gasteiger partial charge in [-0.1, -0.05) is 0 Å². The zero-order chi connectivity index (χ0) is 14.0. The van der Waals surface area contributed by atoms with Gasteiger partial charge in [0.15, 0.2) is 0 Å². The maximum absolute atomic E-state index is 12.0. The smallest absolute Gasteiger partial charge is 0.335 e. The molecule has 0 aliphatic heterocycles. The first kappa shape index (κ1) is 12.7. The zero-order valence-corrected chi connectivity index (χ0v) is 10.4. The number of aryl methyl sites for hydroxylation is 2. The first-order chi connectivity index (χ1) is 8.99. The highest BCUT2D eigenvalue weighted by Crippen LogP contribution is 2.13. The molecular weight excluding hydrogens is 248 g/mol. The van der Waals surface area contributed by atoms with E-state index in [0.717, 1.165) is 0 Å². The van der Waals surface area contributed by atoms with E-state index in [1.807, 2.05) is 0 Å². The predicted molar refractivity (Wildman–Crippen MR) is 67.2 cm³/mol. The van der Waals surface area contributed by atoms with Crippen LogP contribution in [0.15, 0.2) is 18.3 Å². The van der Waals surface area contributed by atoms with Crippen LogP contribution in [0.5, 0.6) is 0 Å². The molecule has 0 radical (unpaired) electrons. The number of amides is 1. The second-order valence-corrected chi connectivity index (χ2v) is 4.00. The Hall–Kier alpha value is -2.70. The fourth-order valence-electron chi connectivity index (χ4n) is 1.70. The van der Waals surface area contributed by atoms with Crippen LogP contribution in [0.25, 0.3) is 0 Å². The number of aromatic amines is 1. The summed E-state index contributed by atoms with van der Waals surface area (Å²) in [4.78, 5) is 26.8. The highest BCUT2D eigenvalue weighted by atomic mass is 16.4. The minimum absolute atomic E-state index is 0.0611. The lowest BCUT2D eigenvalue weighted by Gasteiger charge is -2.05. The molecule has 0 bridgehead atoms. The number of anilines is 1. The van der Waals surface area contributed by atoms with Crippen molar-refractivity contribution in [3.05, 3.63) is 40.8 Å². The van der Waals surface area contributed by atoms with E-state index in [2.05, 4.69) is 20.5 Å². The van der Waals surface area contributed by atoms with Gasteiger partial charge in [-0.05, 0) is 26.0 Å². The fourth-order valence-corrected chi connectivity index (χ4v) is 1.70. The number of nitrogens with one attached hydrogen (secondary N) is 2. The lowest BCUT2D eigenvalue weighted by atomic mass is 10.2. The highest BCUT2D eigenvalue weighted by Gasteiger charge is 2.16. The maximum Gasteiger partial charge on any atom is 0.335 e. The number of pyridine rings is 1. The van der Waals surface area contributed by atoms with Crippen molar-refractivity contribution in [1.29, 1.82) is 0 Å². The van der Waals surface area contributed by atoms with E-state index in [4.69, 9.17) is 5.11 Å². The Balaban J connectivity index is 2.24. The van der Waals surface area contributed by atoms with Crippen molar-refractivity contribution in [2.75, 3.05) is 5.32 Å². The third-order valence-electron chi connectivity index (χ3n) is 2.60. The summed E-state index contributed by atoms with van der Waals surface area (Å²) in [7, 11) is 0. The van der Waals surface area contributed by atoms with Crippen LogP contribution in [0.1, 0.15) is 32.1 Å². The first-order valence-electron chi connectivity index (χ1n) is 5.51. The van der Waals surface area contributed by atoms with E-state index in [1.165, 1.54) is 18.3 Å². The molecule has 0 unspecified atom stereocenters. The van der Waals surface area contributed by atoms with Crippen molar-refractivity contribution in [2.24, 2.45) is 0 Å². The van der Waals surface area contributed by atoms with Gasteiger partial charge >= 0.3 is 5.97 Å². The monoisotopic (exact) mass is 260 g/mol. The first-order valence-corrected chi connectivity index (χ1v) is 5.51. The van der Waals surface area contributed by atoms with Gasteiger partial charge in [-0.2, -0.15) is 5.10 Å². The molecule has 2 heterocycles. The summed E-state index contributed by atoms with van der Waals surface area (Å²) < 4.78 is 0. The van der Waals surface area contributed by atoms with Crippen LogP contribution < -0.4 is 5.32 Å². The molecule has 0 aliphatic rings. The van der Waals surface area contributed by atoms with Crippen LogP contribution in [0.2, 0.25) is 0 Å². The number of carboxylic acid groups (broad SMARTS) is 1. The van der Waals surface area contributed by atoms with Gasteiger partial charge in [0.25, 0.3) is 5.91 Å². The Labute approximate surface area is 108 Å². The van der Waals surface area contributed by atoms with Gasteiger partial charge < -0.3 is 10.4 Å². The molecule has 0 saturated carbocycles. The van der Waals surface area contributed by atoms with Crippen LogP contribution in [0, 0.1) is 13.8 Å². The number of H-pyrrole nitrogens is 1. The molecule has 98 valence electrons. The van der Waals surface area contributed by atoms with Crippen LogP contribution in [0.4, 0.5) is 5.82 Å². The Morgan fingerprint density at radius 3 is 2.68 bits per heavy atom. The fraction of sp³-hybridized carbons (Fsp3) is 0.167. The van der Waals surface area contributed by atoms with E-state index < -0.39 is 5.97 Å². The van der Waals surface area contributed by atoms with E-state index >= 15 is 0 Å². The molecule has 0 spiro atoms. The minimum Gasteiger partial charge on any atom is -0.478 e. The van der Waals surface area contributed by atoms with Gasteiger partial charge in [-0.15, -0.1) is 0 Å². The average molecular weight is 260 g/mol. The van der Waals surface area contributed by atoms with Gasteiger partial charge in [0, 0.05) is 11.9 Å². The van der Waals surface area contributed by atoms with Crippen LogP contribution in [0.3, 0.4) is 0 Å². The molecule has 2 aromatic heterocycles. The normalized spacial score (nSPS) is 10.2. The number of carbonyl (C=O) groups is 2. The Bertz CT molecular complexity index is 629. The Kier molecular flexibility index (Phi) is 3.28. The van der Waals surface area contributed by atoms with Crippen LogP contribution in [-0.2, 0) is 0 Å². The van der Waals surface area contributed by atoms with Crippen molar-refractivity contribution in [2.45, 2.75) is 13.8 Å². The van der Waals surface area contributed by atoms with Gasteiger partial charge in [0.2, 0.25) is 0 Å². The SMILES string of the molecule is Cc1n[nH]c(C)c1C(=O)Nc1cc(C(=O)O)ccn1. The molecule has 0 fully saturated rings. The van der Waals surface area contributed by atoms with Crippen LogP contribution in [-0.4, -0.2) is 32.2 Å². The highest BCUT2D eigenvalue weighted by molar-refractivity contribution is 6.05. The van der Waals surface area contributed by atoms with E-state index in [0.29, 0.717) is 17.0 Å². The molecule has 3 N–H and O–H groups in total. The van der Waals surface area contributed by atoms with Crippen molar-refractivity contribution < 1.29 is 14.7 Å². The molecule has 2 rings (SSSR count). The lowest BCUT2D eigenvalue weighted by Crippen LogP contribution is -2.15. The molecule has 0 aliphatic carbocycles. The summed E-state index contributed by atoms with van der Waals surface area (Å²) in [5, 5.41) is 18.0. The summed E-state index contributed by atoms with van der Waals surface area (Å²) >= 11 is 0. The predicted octanol–water partition coefficient (Wildman–Crippen LogP) is 1.37. The molecule has 7 heteroatoms. The standard InChI is InChI=1S/C12H12N4O3/c1-6-10(7(2)16-15-6)11(17)14-9-5-8(12(18)19)3-4-13-9/h3-5H,1-2H3,(H,15,16)(H,18,19)(H,13,14,17). The molecule has 0 aromatic carbocycles. The molecular formula is C12H12N4O3. The zero-order valence-electron chi connectivity index (χ0n) is 10.4. The van der Waals surface area contributed by atoms with Gasteiger partial charge in [0.05, 0.1) is 16.8 Å². The van der Waals surface area contributed by atoms with Gasteiger partial charge in [0.1, 0.15) is 5.82 Å². The number of hydrogen-bond donors (Lipinski definition) is 3. The number of carbonyl (C=O) groups excluding carboxylic acids is 1. The number of nitrogens with zero attached hydrogens (tertiary/aromatic N) is 2. The summed E-state index contributed by atoms with van der Waals surface area (Å²) in [6.07, 6.45) is 1.33. The molecule has 19 heavy (non-hydrogen) atoms. The van der Waals surface area contributed by atoms with Gasteiger partial charge in [-0.3, -0.25) is 9.89 Å².